The summed E-state index contributed by atoms with van der Waals surface area (Å²) < 4.78 is 7.50. The third-order valence-electron chi connectivity index (χ3n) is 7.70. The highest BCUT2D eigenvalue weighted by Gasteiger charge is 2.36. The molecule has 7 heteroatoms. The number of nitrogens with one attached hydrogen (secondary N) is 1. The number of hydrogen-bond acceptors (Lipinski definition) is 5. The van der Waals surface area contributed by atoms with Crippen LogP contribution in [0.1, 0.15) is 51.3 Å². The van der Waals surface area contributed by atoms with E-state index in [1.165, 1.54) is 5.56 Å². The van der Waals surface area contributed by atoms with Crippen LogP contribution in [0.3, 0.4) is 0 Å². The van der Waals surface area contributed by atoms with Gasteiger partial charge in [0.1, 0.15) is 5.60 Å². The maximum absolute atomic E-state index is 13.0. The SMILES string of the molecule is CC(C)(C)OC(=O)N1Cc2cc(-n3cc4cccc(NCc5ccc6cnccc6c5)c4c3O)ccc2C(C)(C)C1. The molecule has 1 aliphatic rings. The summed E-state index contributed by atoms with van der Waals surface area (Å²) in [5.74, 6) is 0.173. The third kappa shape index (κ3) is 5.20. The fourth-order valence-corrected chi connectivity index (χ4v) is 5.83. The monoisotopic (exact) mass is 548 g/mol. The van der Waals surface area contributed by atoms with Gasteiger partial charge in [0.15, 0.2) is 0 Å². The van der Waals surface area contributed by atoms with Gasteiger partial charge in [-0.3, -0.25) is 9.55 Å². The Morgan fingerprint density at radius 3 is 2.68 bits per heavy atom. The van der Waals surface area contributed by atoms with Crippen LogP contribution in [0.4, 0.5) is 10.5 Å². The largest absolute Gasteiger partial charge is 0.494 e. The highest BCUT2D eigenvalue weighted by atomic mass is 16.6. The van der Waals surface area contributed by atoms with Crippen LogP contribution in [0.2, 0.25) is 0 Å². The highest BCUT2D eigenvalue weighted by Crippen LogP contribution is 2.39. The number of aromatic nitrogens is 2. The number of nitrogens with zero attached hydrogens (tertiary/aromatic N) is 3. The van der Waals surface area contributed by atoms with Crippen molar-refractivity contribution >= 4 is 33.3 Å². The summed E-state index contributed by atoms with van der Waals surface area (Å²) in [6.07, 6.45) is 5.32. The quantitative estimate of drug-likeness (QED) is 0.243. The minimum atomic E-state index is -0.558. The summed E-state index contributed by atoms with van der Waals surface area (Å²) in [5.41, 5.74) is 4.31. The van der Waals surface area contributed by atoms with E-state index in [2.05, 4.69) is 54.5 Å². The molecule has 6 rings (SSSR count). The molecule has 41 heavy (non-hydrogen) atoms. The number of benzene rings is 3. The number of anilines is 1. The van der Waals surface area contributed by atoms with E-state index in [1.807, 2.05) is 68.1 Å². The van der Waals surface area contributed by atoms with Gasteiger partial charge >= 0.3 is 6.09 Å². The second-order valence-corrected chi connectivity index (χ2v) is 12.6. The minimum absolute atomic E-state index is 0.173. The van der Waals surface area contributed by atoms with Gasteiger partial charge in [-0.1, -0.05) is 44.2 Å². The molecule has 210 valence electrons. The summed E-state index contributed by atoms with van der Waals surface area (Å²) in [4.78, 5) is 18.9. The molecule has 0 radical (unpaired) electrons. The van der Waals surface area contributed by atoms with Gasteiger partial charge in [-0.25, -0.2) is 4.79 Å². The van der Waals surface area contributed by atoms with E-state index in [4.69, 9.17) is 4.74 Å². The van der Waals surface area contributed by atoms with Gasteiger partial charge in [-0.05, 0) is 73.2 Å². The third-order valence-corrected chi connectivity index (χ3v) is 7.70. The minimum Gasteiger partial charge on any atom is -0.494 e. The molecule has 0 saturated carbocycles. The predicted octanol–water partition coefficient (Wildman–Crippen LogP) is 7.52. The van der Waals surface area contributed by atoms with Crippen LogP contribution < -0.4 is 5.32 Å². The lowest BCUT2D eigenvalue weighted by atomic mass is 9.78. The van der Waals surface area contributed by atoms with Crippen LogP contribution in [-0.2, 0) is 23.2 Å². The lowest BCUT2D eigenvalue weighted by Crippen LogP contribution is -2.46. The zero-order valence-corrected chi connectivity index (χ0v) is 24.2. The van der Waals surface area contributed by atoms with Crippen LogP contribution >= 0.6 is 0 Å². The van der Waals surface area contributed by atoms with E-state index < -0.39 is 5.60 Å². The molecular weight excluding hydrogens is 512 g/mol. The zero-order valence-electron chi connectivity index (χ0n) is 24.2. The Morgan fingerprint density at radius 2 is 1.88 bits per heavy atom. The Kier molecular flexibility index (Phi) is 6.40. The van der Waals surface area contributed by atoms with Crippen LogP contribution in [-0.4, -0.2) is 37.8 Å². The molecule has 0 atom stereocenters. The van der Waals surface area contributed by atoms with E-state index in [1.54, 1.807) is 11.1 Å². The lowest BCUT2D eigenvalue weighted by Gasteiger charge is -2.40. The van der Waals surface area contributed by atoms with Crippen molar-refractivity contribution in [3.63, 3.8) is 0 Å². The van der Waals surface area contributed by atoms with Crippen molar-refractivity contribution in [2.24, 2.45) is 0 Å². The first kappa shape index (κ1) is 26.7. The van der Waals surface area contributed by atoms with Crippen LogP contribution in [0.25, 0.3) is 27.2 Å². The number of carbonyl (C=O) groups excluding carboxylic acids is 1. The smallest absolute Gasteiger partial charge is 0.410 e. The molecule has 5 aromatic rings. The number of rotatable bonds is 4. The van der Waals surface area contributed by atoms with Crippen molar-refractivity contribution < 1.29 is 14.6 Å². The van der Waals surface area contributed by atoms with Gasteiger partial charge in [0.05, 0.1) is 5.39 Å². The molecular formula is C34H36N4O3. The number of carbonyl (C=O) groups is 1. The van der Waals surface area contributed by atoms with Gasteiger partial charge < -0.3 is 20.1 Å². The van der Waals surface area contributed by atoms with Crippen molar-refractivity contribution in [3.8, 4) is 11.6 Å². The molecule has 2 N–H and O–H groups in total. The second-order valence-electron chi connectivity index (χ2n) is 12.6. The normalized spacial score (nSPS) is 14.7. The molecule has 2 aromatic heterocycles. The van der Waals surface area contributed by atoms with Gasteiger partial charge in [0, 0.05) is 65.8 Å². The zero-order chi connectivity index (χ0) is 28.9. The maximum Gasteiger partial charge on any atom is 0.410 e. The molecule has 1 amide bonds. The van der Waals surface area contributed by atoms with E-state index in [0.717, 1.165) is 44.0 Å². The molecule has 0 spiro atoms. The van der Waals surface area contributed by atoms with E-state index in [-0.39, 0.29) is 17.4 Å². The first-order valence-electron chi connectivity index (χ1n) is 14.0. The molecule has 1 aliphatic heterocycles. The van der Waals surface area contributed by atoms with Crippen LogP contribution in [0, 0.1) is 0 Å². The van der Waals surface area contributed by atoms with Gasteiger partial charge in [0.2, 0.25) is 5.88 Å². The van der Waals surface area contributed by atoms with Crippen molar-refractivity contribution in [2.45, 2.75) is 58.7 Å². The van der Waals surface area contributed by atoms with Crippen molar-refractivity contribution in [1.29, 1.82) is 0 Å². The number of aromatic hydroxyl groups is 1. The Morgan fingerprint density at radius 1 is 1.05 bits per heavy atom. The first-order chi connectivity index (χ1) is 19.5. The van der Waals surface area contributed by atoms with Crippen molar-refractivity contribution in [2.75, 3.05) is 11.9 Å². The average molecular weight is 549 g/mol. The number of fused-ring (bicyclic) bond motifs is 3. The van der Waals surface area contributed by atoms with Crippen molar-refractivity contribution in [1.82, 2.24) is 14.5 Å². The first-order valence-corrected chi connectivity index (χ1v) is 14.0. The molecule has 0 unspecified atom stereocenters. The van der Waals surface area contributed by atoms with Crippen LogP contribution in [0.15, 0.2) is 79.3 Å². The standard InChI is InChI=1S/C34H36N4O3/c1-33(2,3)41-32(40)37-19-26-16-27(11-12-28(26)34(4,5)21-37)38-20-25-7-6-8-29(30(25)31(38)39)36-17-22-9-10-24-18-35-14-13-23(24)15-22/h6-16,18,20,36,39H,17,19,21H2,1-5H3. The van der Waals surface area contributed by atoms with Gasteiger partial charge in [-0.15, -0.1) is 0 Å². The predicted molar refractivity (Wildman–Crippen MR) is 164 cm³/mol. The van der Waals surface area contributed by atoms with E-state index >= 15 is 0 Å². The Balaban J connectivity index is 1.30. The molecule has 0 aliphatic carbocycles. The Hall–Kier alpha value is -4.52. The summed E-state index contributed by atoms with van der Waals surface area (Å²) in [6, 6.07) is 20.6. The summed E-state index contributed by atoms with van der Waals surface area (Å²) in [7, 11) is 0. The Bertz CT molecular complexity index is 1780. The summed E-state index contributed by atoms with van der Waals surface area (Å²) in [6.45, 7) is 11.6. The Labute approximate surface area is 240 Å². The molecule has 3 heterocycles. The van der Waals surface area contributed by atoms with E-state index in [9.17, 15) is 9.90 Å². The number of pyridine rings is 1. The summed E-state index contributed by atoms with van der Waals surface area (Å²) in [5, 5.41) is 19.0. The number of hydrogen-bond donors (Lipinski definition) is 2. The van der Waals surface area contributed by atoms with Crippen molar-refractivity contribution in [3.05, 3.63) is 95.9 Å². The topological polar surface area (TPSA) is 79.6 Å². The second kappa shape index (κ2) is 9.84. The van der Waals surface area contributed by atoms with E-state index in [0.29, 0.717) is 19.6 Å². The molecule has 7 nitrogen and oxygen atoms in total. The lowest BCUT2D eigenvalue weighted by molar-refractivity contribution is 0.0174. The van der Waals surface area contributed by atoms with Crippen LogP contribution in [0.5, 0.6) is 5.88 Å². The van der Waals surface area contributed by atoms with Gasteiger partial charge in [0.25, 0.3) is 0 Å². The maximum atomic E-state index is 13.0. The average Bonchev–Trinajstić information content (AvgIpc) is 3.27. The highest BCUT2D eigenvalue weighted by molar-refractivity contribution is 5.99. The number of amides is 1. The fourth-order valence-electron chi connectivity index (χ4n) is 5.83. The number of ether oxygens (including phenoxy) is 1. The van der Waals surface area contributed by atoms with Gasteiger partial charge in [-0.2, -0.15) is 0 Å². The molecule has 3 aromatic carbocycles. The molecule has 0 fully saturated rings. The molecule has 0 bridgehead atoms. The molecule has 0 saturated heterocycles. The fraction of sp³-hybridized carbons (Fsp3) is 0.294. The summed E-state index contributed by atoms with van der Waals surface area (Å²) >= 11 is 0.